The smallest absolute Gasteiger partial charge is 0.293 e. The number of carbonyl (C=O) groups excluding carboxylic acids is 2. The summed E-state index contributed by atoms with van der Waals surface area (Å²) in [5.41, 5.74) is 3.36. The Balaban J connectivity index is 1.66. The summed E-state index contributed by atoms with van der Waals surface area (Å²) in [5.74, 6) is 0.922. The summed E-state index contributed by atoms with van der Waals surface area (Å²) >= 11 is 2.56. The van der Waals surface area contributed by atoms with E-state index < -0.39 is 0 Å². The summed E-state index contributed by atoms with van der Waals surface area (Å²) in [6.45, 7) is 8.78. The molecule has 142 valence electrons. The molecule has 3 rings (SSSR count). The third kappa shape index (κ3) is 4.45. The van der Waals surface area contributed by atoms with E-state index in [9.17, 15) is 9.59 Å². The van der Waals surface area contributed by atoms with E-state index in [0.29, 0.717) is 10.8 Å². The van der Waals surface area contributed by atoms with E-state index in [1.165, 1.54) is 4.90 Å². The first-order chi connectivity index (χ1) is 12.9. The molecule has 1 fully saturated rings. The fourth-order valence-corrected chi connectivity index (χ4v) is 4.61. The van der Waals surface area contributed by atoms with E-state index in [1.54, 1.807) is 11.3 Å². The van der Waals surface area contributed by atoms with Crippen molar-refractivity contribution in [2.75, 3.05) is 13.2 Å². The zero-order chi connectivity index (χ0) is 19.6. The first kappa shape index (κ1) is 19.7. The molecule has 0 spiro atoms. The molecule has 1 aromatic heterocycles. The van der Waals surface area contributed by atoms with Gasteiger partial charge in [-0.05, 0) is 71.8 Å². The molecular formula is C21H23NO3S2. The Bertz CT molecular complexity index is 899. The molecule has 0 radical (unpaired) electrons. The molecule has 1 aromatic carbocycles. The quantitative estimate of drug-likeness (QED) is 0.591. The van der Waals surface area contributed by atoms with Crippen molar-refractivity contribution >= 4 is 40.3 Å². The Morgan fingerprint density at radius 3 is 2.63 bits per heavy atom. The minimum absolute atomic E-state index is 0.239. The molecule has 0 N–H and O–H groups in total. The second-order valence-electron chi connectivity index (χ2n) is 6.85. The van der Waals surface area contributed by atoms with Crippen LogP contribution in [0.2, 0.25) is 0 Å². The molecular weight excluding hydrogens is 378 g/mol. The summed E-state index contributed by atoms with van der Waals surface area (Å²) in [6.07, 6.45) is 1.81. The van der Waals surface area contributed by atoms with Crippen molar-refractivity contribution < 1.29 is 14.3 Å². The SMILES string of the molecule is Cc1ccc(C(C)C)c(OCCN2C(=O)S/C(=C\c3sccc3C)C2=O)c1. The third-order valence-electron chi connectivity index (χ3n) is 4.40. The van der Waals surface area contributed by atoms with E-state index >= 15 is 0 Å². The van der Waals surface area contributed by atoms with Crippen LogP contribution in [0, 0.1) is 13.8 Å². The zero-order valence-electron chi connectivity index (χ0n) is 15.9. The number of amides is 2. The first-order valence-corrected chi connectivity index (χ1v) is 10.6. The summed E-state index contributed by atoms with van der Waals surface area (Å²) in [5, 5.41) is 1.74. The van der Waals surface area contributed by atoms with Crippen molar-refractivity contribution in [2.24, 2.45) is 0 Å². The number of ether oxygens (including phenoxy) is 1. The van der Waals surface area contributed by atoms with E-state index in [4.69, 9.17) is 4.74 Å². The predicted molar refractivity (Wildman–Crippen MR) is 112 cm³/mol. The molecule has 6 heteroatoms. The highest BCUT2D eigenvalue weighted by Gasteiger charge is 2.35. The topological polar surface area (TPSA) is 46.6 Å². The van der Waals surface area contributed by atoms with Crippen molar-refractivity contribution in [1.29, 1.82) is 0 Å². The van der Waals surface area contributed by atoms with Crippen LogP contribution in [0.5, 0.6) is 5.75 Å². The van der Waals surface area contributed by atoms with Gasteiger partial charge in [-0.1, -0.05) is 26.0 Å². The summed E-state index contributed by atoms with van der Waals surface area (Å²) < 4.78 is 5.93. The average molecular weight is 402 g/mol. The summed E-state index contributed by atoms with van der Waals surface area (Å²) in [6, 6.07) is 8.14. The minimum Gasteiger partial charge on any atom is -0.491 e. The molecule has 2 heterocycles. The van der Waals surface area contributed by atoms with Gasteiger partial charge in [0.15, 0.2) is 0 Å². The van der Waals surface area contributed by atoms with Crippen LogP contribution in [-0.2, 0) is 4.79 Å². The Morgan fingerprint density at radius 2 is 1.96 bits per heavy atom. The lowest BCUT2D eigenvalue weighted by atomic mass is 10.0. The molecule has 27 heavy (non-hydrogen) atoms. The van der Waals surface area contributed by atoms with Gasteiger partial charge in [0.2, 0.25) is 0 Å². The number of carbonyl (C=O) groups is 2. The molecule has 1 aliphatic rings. The molecule has 2 aromatic rings. The average Bonchev–Trinajstić information content (AvgIpc) is 3.12. The van der Waals surface area contributed by atoms with Gasteiger partial charge in [-0.15, -0.1) is 11.3 Å². The van der Waals surface area contributed by atoms with E-state index in [1.807, 2.05) is 37.4 Å². The van der Waals surface area contributed by atoms with Gasteiger partial charge >= 0.3 is 0 Å². The fraction of sp³-hybridized carbons (Fsp3) is 0.333. The van der Waals surface area contributed by atoms with E-state index in [-0.39, 0.29) is 24.3 Å². The van der Waals surface area contributed by atoms with Gasteiger partial charge in [-0.2, -0.15) is 0 Å². The largest absolute Gasteiger partial charge is 0.491 e. The van der Waals surface area contributed by atoms with Crippen molar-refractivity contribution in [3.8, 4) is 5.75 Å². The number of aryl methyl sites for hydroxylation is 2. The Morgan fingerprint density at radius 1 is 1.19 bits per heavy atom. The van der Waals surface area contributed by atoms with Crippen LogP contribution in [0.25, 0.3) is 6.08 Å². The highest BCUT2D eigenvalue weighted by atomic mass is 32.2. The van der Waals surface area contributed by atoms with Gasteiger partial charge in [-0.3, -0.25) is 14.5 Å². The number of thioether (sulfide) groups is 1. The normalized spacial score (nSPS) is 16.0. The lowest BCUT2D eigenvalue weighted by molar-refractivity contribution is -0.123. The van der Waals surface area contributed by atoms with Crippen LogP contribution >= 0.6 is 23.1 Å². The Kier molecular flexibility index (Phi) is 6.07. The van der Waals surface area contributed by atoms with Crippen LogP contribution in [0.4, 0.5) is 4.79 Å². The molecule has 2 amide bonds. The first-order valence-electron chi connectivity index (χ1n) is 8.89. The molecule has 0 saturated carbocycles. The van der Waals surface area contributed by atoms with Crippen LogP contribution in [0.1, 0.15) is 41.3 Å². The van der Waals surface area contributed by atoms with Gasteiger partial charge in [-0.25, -0.2) is 0 Å². The van der Waals surface area contributed by atoms with Gasteiger partial charge in [0.05, 0.1) is 11.4 Å². The molecule has 0 bridgehead atoms. The van der Waals surface area contributed by atoms with Crippen molar-refractivity contribution in [1.82, 2.24) is 4.90 Å². The highest BCUT2D eigenvalue weighted by molar-refractivity contribution is 8.18. The maximum atomic E-state index is 12.6. The number of benzene rings is 1. The Labute approximate surface area is 168 Å². The van der Waals surface area contributed by atoms with Crippen LogP contribution in [0.15, 0.2) is 34.6 Å². The number of hydrogen-bond acceptors (Lipinski definition) is 5. The molecule has 1 saturated heterocycles. The van der Waals surface area contributed by atoms with Crippen molar-refractivity contribution in [3.05, 3.63) is 56.1 Å². The second-order valence-corrected chi connectivity index (χ2v) is 8.79. The molecule has 4 nitrogen and oxygen atoms in total. The highest BCUT2D eigenvalue weighted by Crippen LogP contribution is 2.34. The van der Waals surface area contributed by atoms with E-state index in [0.717, 1.165) is 39.1 Å². The minimum atomic E-state index is -0.241. The van der Waals surface area contributed by atoms with Gasteiger partial charge in [0.1, 0.15) is 12.4 Å². The predicted octanol–water partition coefficient (Wildman–Crippen LogP) is 5.60. The van der Waals surface area contributed by atoms with Crippen molar-refractivity contribution in [3.63, 3.8) is 0 Å². The fourth-order valence-electron chi connectivity index (χ4n) is 2.83. The van der Waals surface area contributed by atoms with Gasteiger partial charge in [0.25, 0.3) is 11.1 Å². The molecule has 0 atom stereocenters. The van der Waals surface area contributed by atoms with Crippen molar-refractivity contribution in [2.45, 2.75) is 33.6 Å². The Hall–Kier alpha value is -2.05. The van der Waals surface area contributed by atoms with Gasteiger partial charge < -0.3 is 4.74 Å². The van der Waals surface area contributed by atoms with Crippen LogP contribution in [-0.4, -0.2) is 29.2 Å². The number of imide groups is 1. The molecule has 0 aliphatic carbocycles. The summed E-state index contributed by atoms with van der Waals surface area (Å²) in [4.78, 5) is 27.6. The number of thiophene rings is 1. The van der Waals surface area contributed by atoms with Gasteiger partial charge in [0, 0.05) is 4.88 Å². The monoisotopic (exact) mass is 401 g/mol. The van der Waals surface area contributed by atoms with Crippen LogP contribution in [0.3, 0.4) is 0 Å². The summed E-state index contributed by atoms with van der Waals surface area (Å²) in [7, 11) is 0. The zero-order valence-corrected chi connectivity index (χ0v) is 17.6. The lowest BCUT2D eigenvalue weighted by Crippen LogP contribution is -2.32. The standard InChI is InChI=1S/C21H23NO3S2/c1-13(2)16-6-5-14(3)11-17(16)25-9-8-22-20(23)19(27-21(22)24)12-18-15(4)7-10-26-18/h5-7,10-13H,8-9H2,1-4H3/b19-12-. The maximum absolute atomic E-state index is 12.6. The molecule has 0 unspecified atom stereocenters. The number of nitrogens with zero attached hydrogens (tertiary/aromatic N) is 1. The lowest BCUT2D eigenvalue weighted by Gasteiger charge is -2.17. The number of rotatable bonds is 6. The third-order valence-corrected chi connectivity index (χ3v) is 6.27. The second kappa shape index (κ2) is 8.31. The van der Waals surface area contributed by atoms with E-state index in [2.05, 4.69) is 26.0 Å². The molecule has 1 aliphatic heterocycles. The maximum Gasteiger partial charge on any atom is 0.293 e. The van der Waals surface area contributed by atoms with Crippen LogP contribution < -0.4 is 4.74 Å². The number of hydrogen-bond donors (Lipinski definition) is 0.